The van der Waals surface area contributed by atoms with E-state index in [2.05, 4.69) is 39.9 Å². The molecule has 0 spiro atoms. The van der Waals surface area contributed by atoms with Crippen molar-refractivity contribution >= 4 is 17.4 Å². The van der Waals surface area contributed by atoms with E-state index in [1.54, 1.807) is 0 Å². The van der Waals surface area contributed by atoms with E-state index in [1.165, 1.54) is 0 Å². The van der Waals surface area contributed by atoms with E-state index in [4.69, 9.17) is 18.0 Å². The fraction of sp³-hybridized carbons (Fsp3) is 0.643. The minimum Gasteiger partial charge on any atom is -0.329 e. The number of allylic oxidation sites excluding steroid dienone is 2. The normalized spacial score (nSPS) is 23.1. The van der Waals surface area contributed by atoms with Gasteiger partial charge in [0.1, 0.15) is 0 Å². The molecular formula is C14H24N4S. The van der Waals surface area contributed by atoms with Gasteiger partial charge >= 0.3 is 0 Å². The Bertz CT molecular complexity index is 360. The van der Waals surface area contributed by atoms with Gasteiger partial charge in [-0.25, -0.2) is 4.99 Å². The first-order chi connectivity index (χ1) is 9.22. The molecule has 5 heteroatoms. The van der Waals surface area contributed by atoms with Crippen molar-refractivity contribution in [2.45, 2.75) is 31.3 Å². The Balaban J connectivity index is 2.28. The van der Waals surface area contributed by atoms with E-state index in [0.717, 1.165) is 32.5 Å². The Morgan fingerprint density at radius 2 is 2.32 bits per heavy atom. The average Bonchev–Trinajstić information content (AvgIpc) is 2.43. The molecule has 4 nitrogen and oxygen atoms in total. The first-order valence-electron chi connectivity index (χ1n) is 6.80. The zero-order valence-electron chi connectivity index (χ0n) is 11.6. The van der Waals surface area contributed by atoms with E-state index < -0.39 is 0 Å². The van der Waals surface area contributed by atoms with Crippen LogP contribution in [0.5, 0.6) is 0 Å². The molecule has 19 heavy (non-hydrogen) atoms. The van der Waals surface area contributed by atoms with Gasteiger partial charge < -0.3 is 16.4 Å². The van der Waals surface area contributed by atoms with Crippen molar-refractivity contribution in [1.82, 2.24) is 10.6 Å². The summed E-state index contributed by atoms with van der Waals surface area (Å²) in [4.78, 5) is 4.34. The molecule has 0 radical (unpaired) electrons. The summed E-state index contributed by atoms with van der Waals surface area (Å²) in [6, 6.07) is 0.426. The van der Waals surface area contributed by atoms with E-state index in [9.17, 15) is 0 Å². The molecule has 0 heterocycles. The van der Waals surface area contributed by atoms with Crippen LogP contribution in [0.3, 0.4) is 0 Å². The van der Waals surface area contributed by atoms with Crippen molar-refractivity contribution in [1.29, 1.82) is 0 Å². The van der Waals surface area contributed by atoms with Crippen LogP contribution in [0.2, 0.25) is 0 Å². The van der Waals surface area contributed by atoms with Crippen LogP contribution in [-0.2, 0) is 0 Å². The van der Waals surface area contributed by atoms with Crippen LogP contribution in [0, 0.1) is 0 Å². The lowest BCUT2D eigenvalue weighted by atomic mass is 9.88. The Kier molecular flexibility index (Phi) is 7.79. The summed E-state index contributed by atoms with van der Waals surface area (Å²) >= 11 is 4.76. The molecule has 0 saturated carbocycles. The van der Waals surface area contributed by atoms with Crippen molar-refractivity contribution in [3.63, 3.8) is 0 Å². The van der Waals surface area contributed by atoms with Gasteiger partial charge in [0.2, 0.25) is 0 Å². The van der Waals surface area contributed by atoms with Crippen LogP contribution in [0.15, 0.2) is 29.3 Å². The lowest BCUT2D eigenvalue weighted by Gasteiger charge is -2.26. The van der Waals surface area contributed by atoms with Crippen molar-refractivity contribution < 1.29 is 0 Å². The van der Waals surface area contributed by atoms with Crippen molar-refractivity contribution in [2.75, 3.05) is 26.2 Å². The molecule has 2 atom stereocenters. The second-order valence-corrected chi connectivity index (χ2v) is 5.08. The van der Waals surface area contributed by atoms with Gasteiger partial charge in [-0.3, -0.25) is 0 Å². The van der Waals surface area contributed by atoms with Gasteiger partial charge in [-0.15, -0.1) is 0 Å². The van der Waals surface area contributed by atoms with Crippen LogP contribution in [0.4, 0.5) is 0 Å². The maximum absolute atomic E-state index is 5.45. The topological polar surface area (TPSA) is 62.4 Å². The van der Waals surface area contributed by atoms with E-state index in [0.29, 0.717) is 12.6 Å². The number of isothiocyanates is 1. The first kappa shape index (κ1) is 16.2. The maximum Gasteiger partial charge on any atom is 0.0939 e. The van der Waals surface area contributed by atoms with Crippen LogP contribution in [0.1, 0.15) is 19.8 Å². The monoisotopic (exact) mass is 280 g/mol. The van der Waals surface area contributed by atoms with Crippen molar-refractivity contribution in [3.05, 3.63) is 24.3 Å². The Labute approximate surface area is 121 Å². The van der Waals surface area contributed by atoms with E-state index in [-0.39, 0.29) is 5.54 Å². The maximum atomic E-state index is 5.45. The highest BCUT2D eigenvalue weighted by Gasteiger charge is 2.25. The largest absolute Gasteiger partial charge is 0.329 e. The molecule has 2 unspecified atom stereocenters. The summed E-state index contributed by atoms with van der Waals surface area (Å²) in [5.41, 5.74) is 5.26. The average molecular weight is 280 g/mol. The molecule has 0 aromatic rings. The minimum absolute atomic E-state index is 0.197. The number of hydrogen-bond donors (Lipinski definition) is 3. The van der Waals surface area contributed by atoms with Gasteiger partial charge in [-0.2, -0.15) is 0 Å². The van der Waals surface area contributed by atoms with Crippen LogP contribution in [0.25, 0.3) is 0 Å². The summed E-state index contributed by atoms with van der Waals surface area (Å²) in [6.07, 6.45) is 10.1. The number of nitrogens with zero attached hydrogens (tertiary/aromatic N) is 1. The van der Waals surface area contributed by atoms with Gasteiger partial charge in [0.05, 0.1) is 10.7 Å². The summed E-state index contributed by atoms with van der Waals surface area (Å²) in [5.74, 6) is 0. The Morgan fingerprint density at radius 1 is 1.47 bits per heavy atom. The molecule has 0 saturated heterocycles. The summed E-state index contributed by atoms with van der Waals surface area (Å²) in [5, 5.41) is 9.31. The molecule has 0 aromatic carbocycles. The molecule has 0 aromatic heterocycles. The van der Waals surface area contributed by atoms with Crippen molar-refractivity contribution in [2.24, 2.45) is 10.7 Å². The number of nitrogens with two attached hydrogens (primary N) is 1. The third-order valence-electron chi connectivity index (χ3n) is 3.22. The molecular weight excluding hydrogens is 256 g/mol. The standard InChI is InChI=1S/C14H24N4S/c1-13(17-10-8-15)11-16-9-7-14(18-12-19)5-3-2-4-6-14/h2-5,13,16-17H,6-11,15H2,1H3. The highest BCUT2D eigenvalue weighted by Crippen LogP contribution is 2.25. The van der Waals surface area contributed by atoms with Crippen LogP contribution < -0.4 is 16.4 Å². The van der Waals surface area contributed by atoms with Gasteiger partial charge in [0.25, 0.3) is 0 Å². The van der Waals surface area contributed by atoms with Gasteiger partial charge in [0, 0.05) is 25.7 Å². The number of rotatable bonds is 9. The number of hydrogen-bond acceptors (Lipinski definition) is 5. The van der Waals surface area contributed by atoms with Crippen molar-refractivity contribution in [3.8, 4) is 0 Å². The molecule has 0 amide bonds. The SMILES string of the molecule is CC(CNCCC1(N=C=S)C=CC=CC1)NCCN. The fourth-order valence-corrected chi connectivity index (χ4v) is 2.28. The molecule has 106 valence electrons. The molecule has 4 N–H and O–H groups in total. The van der Waals surface area contributed by atoms with Gasteiger partial charge in [0.15, 0.2) is 0 Å². The lowest BCUT2D eigenvalue weighted by molar-refractivity contribution is 0.447. The second-order valence-electron chi connectivity index (χ2n) is 4.90. The summed E-state index contributed by atoms with van der Waals surface area (Å²) in [6.45, 7) is 5.52. The quantitative estimate of drug-likeness (QED) is 0.338. The summed E-state index contributed by atoms with van der Waals surface area (Å²) < 4.78 is 0. The molecule has 0 aliphatic heterocycles. The fourth-order valence-electron chi connectivity index (χ4n) is 2.09. The van der Waals surface area contributed by atoms with Gasteiger partial charge in [-0.1, -0.05) is 24.3 Å². The predicted octanol–water partition coefficient (Wildman–Crippen LogP) is 1.26. The highest BCUT2D eigenvalue weighted by molar-refractivity contribution is 7.78. The number of thiocarbonyl (C=S) groups is 1. The highest BCUT2D eigenvalue weighted by atomic mass is 32.1. The predicted molar refractivity (Wildman–Crippen MR) is 84.7 cm³/mol. The molecule has 0 fully saturated rings. The molecule has 1 rings (SSSR count). The van der Waals surface area contributed by atoms with E-state index >= 15 is 0 Å². The Morgan fingerprint density at radius 3 is 2.95 bits per heavy atom. The zero-order valence-corrected chi connectivity index (χ0v) is 12.4. The minimum atomic E-state index is -0.197. The van der Waals surface area contributed by atoms with Gasteiger partial charge in [-0.05, 0) is 38.5 Å². The third kappa shape index (κ3) is 6.23. The molecule has 0 bridgehead atoms. The zero-order chi connectivity index (χ0) is 14.0. The first-order valence-corrected chi connectivity index (χ1v) is 7.21. The van der Waals surface area contributed by atoms with Crippen LogP contribution >= 0.6 is 12.2 Å². The lowest BCUT2D eigenvalue weighted by Crippen LogP contribution is -2.40. The van der Waals surface area contributed by atoms with Crippen LogP contribution in [-0.4, -0.2) is 42.9 Å². The Hall–Kier alpha value is -0.840. The number of nitrogens with one attached hydrogen (secondary N) is 2. The number of aliphatic imine (C=N–C) groups is 1. The summed E-state index contributed by atoms with van der Waals surface area (Å²) in [7, 11) is 0. The smallest absolute Gasteiger partial charge is 0.0939 e. The molecule has 1 aliphatic carbocycles. The third-order valence-corrected chi connectivity index (χ3v) is 3.31. The molecule has 1 aliphatic rings. The second kappa shape index (κ2) is 9.13. The van der Waals surface area contributed by atoms with E-state index in [1.807, 2.05) is 12.2 Å².